The van der Waals surface area contributed by atoms with Crippen LogP contribution in [0.4, 0.5) is 0 Å². The summed E-state index contributed by atoms with van der Waals surface area (Å²) in [5, 5.41) is 11.5. The van der Waals surface area contributed by atoms with E-state index in [0.29, 0.717) is 0 Å². The van der Waals surface area contributed by atoms with E-state index in [9.17, 15) is 0 Å². The van der Waals surface area contributed by atoms with E-state index in [1.807, 2.05) is 10.9 Å². The Morgan fingerprint density at radius 2 is 2.43 bits per heavy atom. The summed E-state index contributed by atoms with van der Waals surface area (Å²) in [7, 11) is 0. The highest BCUT2D eigenvalue weighted by molar-refractivity contribution is 4.95. The number of nitrogens with zero attached hydrogens (tertiary/aromatic N) is 3. The van der Waals surface area contributed by atoms with Gasteiger partial charge in [-0.1, -0.05) is 12.1 Å². The van der Waals surface area contributed by atoms with Gasteiger partial charge in [0.1, 0.15) is 0 Å². The first-order chi connectivity index (χ1) is 6.90. The van der Waals surface area contributed by atoms with Crippen molar-refractivity contribution in [2.24, 2.45) is 0 Å². The first kappa shape index (κ1) is 9.65. The third kappa shape index (κ3) is 2.54. The second-order valence-corrected chi connectivity index (χ2v) is 3.93. The molecule has 1 aliphatic carbocycles. The van der Waals surface area contributed by atoms with Crippen molar-refractivity contribution in [1.29, 1.82) is 0 Å². The molecule has 78 valence electrons. The van der Waals surface area contributed by atoms with Crippen LogP contribution in [0.15, 0.2) is 6.20 Å². The Bertz CT molecular complexity index is 277. The van der Waals surface area contributed by atoms with Crippen molar-refractivity contribution in [2.75, 3.05) is 6.54 Å². The molecular formula is C10H18N4. The monoisotopic (exact) mass is 194 g/mol. The summed E-state index contributed by atoms with van der Waals surface area (Å²) in [5.41, 5.74) is 1.25. The molecule has 0 spiro atoms. The van der Waals surface area contributed by atoms with Crippen LogP contribution in [-0.2, 0) is 13.0 Å². The van der Waals surface area contributed by atoms with Crippen molar-refractivity contribution in [2.45, 2.75) is 45.2 Å². The SMILES string of the molecule is CCCn1nncc1CCNC1CC1. The quantitative estimate of drug-likeness (QED) is 0.734. The Morgan fingerprint density at radius 1 is 1.57 bits per heavy atom. The molecule has 1 aromatic heterocycles. The minimum absolute atomic E-state index is 0.797. The van der Waals surface area contributed by atoms with Crippen LogP contribution in [0, 0.1) is 0 Å². The highest BCUT2D eigenvalue weighted by Gasteiger charge is 2.19. The Hall–Kier alpha value is -0.900. The first-order valence-corrected chi connectivity index (χ1v) is 5.51. The molecule has 0 atom stereocenters. The molecule has 1 saturated carbocycles. The van der Waals surface area contributed by atoms with Crippen LogP contribution in [0.2, 0.25) is 0 Å². The third-order valence-electron chi connectivity index (χ3n) is 2.52. The molecule has 1 fully saturated rings. The largest absolute Gasteiger partial charge is 0.314 e. The zero-order valence-corrected chi connectivity index (χ0v) is 8.74. The molecule has 4 nitrogen and oxygen atoms in total. The number of aryl methyl sites for hydroxylation is 1. The molecule has 0 unspecified atom stereocenters. The minimum atomic E-state index is 0.797. The Labute approximate surface area is 84.7 Å². The molecule has 1 heterocycles. The predicted molar refractivity (Wildman–Crippen MR) is 55.0 cm³/mol. The van der Waals surface area contributed by atoms with Crippen LogP contribution in [0.3, 0.4) is 0 Å². The van der Waals surface area contributed by atoms with E-state index in [0.717, 1.165) is 32.0 Å². The van der Waals surface area contributed by atoms with E-state index in [4.69, 9.17) is 0 Å². The van der Waals surface area contributed by atoms with Crippen LogP contribution in [0.1, 0.15) is 31.9 Å². The minimum Gasteiger partial charge on any atom is -0.314 e. The van der Waals surface area contributed by atoms with Gasteiger partial charge in [-0.15, -0.1) is 5.10 Å². The van der Waals surface area contributed by atoms with Gasteiger partial charge in [-0.3, -0.25) is 0 Å². The van der Waals surface area contributed by atoms with E-state index in [-0.39, 0.29) is 0 Å². The lowest BCUT2D eigenvalue weighted by atomic mass is 10.3. The third-order valence-corrected chi connectivity index (χ3v) is 2.52. The van der Waals surface area contributed by atoms with Crippen molar-refractivity contribution in [3.8, 4) is 0 Å². The van der Waals surface area contributed by atoms with Gasteiger partial charge in [0, 0.05) is 25.6 Å². The van der Waals surface area contributed by atoms with Gasteiger partial charge in [0.05, 0.1) is 11.9 Å². The van der Waals surface area contributed by atoms with E-state index in [1.54, 1.807) is 0 Å². The summed E-state index contributed by atoms with van der Waals surface area (Å²) in [5.74, 6) is 0. The van der Waals surface area contributed by atoms with Gasteiger partial charge >= 0.3 is 0 Å². The molecule has 0 amide bonds. The maximum atomic E-state index is 4.06. The van der Waals surface area contributed by atoms with E-state index >= 15 is 0 Å². The summed E-state index contributed by atoms with van der Waals surface area (Å²) in [6, 6.07) is 0.797. The van der Waals surface area contributed by atoms with Crippen LogP contribution in [0.5, 0.6) is 0 Å². The van der Waals surface area contributed by atoms with Crippen LogP contribution in [-0.4, -0.2) is 27.6 Å². The number of nitrogens with one attached hydrogen (secondary N) is 1. The maximum absolute atomic E-state index is 4.06. The van der Waals surface area contributed by atoms with Crippen LogP contribution < -0.4 is 5.32 Å². The molecule has 1 aliphatic rings. The lowest BCUT2D eigenvalue weighted by molar-refractivity contribution is 0.546. The fraction of sp³-hybridized carbons (Fsp3) is 0.800. The molecule has 0 saturated heterocycles. The van der Waals surface area contributed by atoms with Crippen molar-refractivity contribution in [3.05, 3.63) is 11.9 Å². The molecule has 1 aromatic rings. The Kier molecular flexibility index (Phi) is 3.14. The van der Waals surface area contributed by atoms with Crippen LogP contribution >= 0.6 is 0 Å². The molecule has 0 aliphatic heterocycles. The van der Waals surface area contributed by atoms with Crippen molar-refractivity contribution in [1.82, 2.24) is 20.3 Å². The molecule has 0 bridgehead atoms. The first-order valence-electron chi connectivity index (χ1n) is 5.51. The van der Waals surface area contributed by atoms with Crippen molar-refractivity contribution < 1.29 is 0 Å². The molecule has 1 N–H and O–H groups in total. The fourth-order valence-corrected chi connectivity index (χ4v) is 1.56. The summed E-state index contributed by atoms with van der Waals surface area (Å²) >= 11 is 0. The van der Waals surface area contributed by atoms with Crippen LogP contribution in [0.25, 0.3) is 0 Å². The molecular weight excluding hydrogens is 176 g/mol. The fourth-order valence-electron chi connectivity index (χ4n) is 1.56. The smallest absolute Gasteiger partial charge is 0.0725 e. The number of hydrogen-bond acceptors (Lipinski definition) is 3. The predicted octanol–water partition coefficient (Wildman–Crippen LogP) is 0.983. The lowest BCUT2D eigenvalue weighted by Gasteiger charge is -2.04. The Morgan fingerprint density at radius 3 is 3.14 bits per heavy atom. The number of rotatable bonds is 6. The summed E-state index contributed by atoms with van der Waals surface area (Å²) < 4.78 is 2.01. The van der Waals surface area contributed by atoms with Gasteiger partial charge in [-0.05, 0) is 19.3 Å². The van der Waals surface area contributed by atoms with E-state index < -0.39 is 0 Å². The zero-order valence-electron chi connectivity index (χ0n) is 8.74. The lowest BCUT2D eigenvalue weighted by Crippen LogP contribution is -2.20. The van der Waals surface area contributed by atoms with E-state index in [2.05, 4.69) is 22.6 Å². The normalized spacial score (nSPS) is 16.1. The second-order valence-electron chi connectivity index (χ2n) is 3.93. The average Bonchev–Trinajstić information content (AvgIpc) is 2.89. The molecule has 0 aromatic carbocycles. The maximum Gasteiger partial charge on any atom is 0.0725 e. The van der Waals surface area contributed by atoms with Gasteiger partial charge in [0.2, 0.25) is 0 Å². The molecule has 2 rings (SSSR count). The number of hydrogen-bond donors (Lipinski definition) is 1. The Balaban J connectivity index is 1.78. The van der Waals surface area contributed by atoms with Gasteiger partial charge < -0.3 is 5.32 Å². The van der Waals surface area contributed by atoms with E-state index in [1.165, 1.54) is 18.5 Å². The van der Waals surface area contributed by atoms with Gasteiger partial charge in [0.25, 0.3) is 0 Å². The van der Waals surface area contributed by atoms with Gasteiger partial charge in [-0.2, -0.15) is 0 Å². The van der Waals surface area contributed by atoms with Gasteiger partial charge in [0.15, 0.2) is 0 Å². The molecule has 4 heteroatoms. The van der Waals surface area contributed by atoms with Gasteiger partial charge in [-0.25, -0.2) is 4.68 Å². The highest BCUT2D eigenvalue weighted by Crippen LogP contribution is 2.18. The molecule has 14 heavy (non-hydrogen) atoms. The second kappa shape index (κ2) is 4.55. The van der Waals surface area contributed by atoms with Crippen molar-refractivity contribution >= 4 is 0 Å². The standard InChI is InChI=1S/C10H18N4/c1-2-7-14-10(8-12-13-14)5-6-11-9-3-4-9/h8-9,11H,2-7H2,1H3. The molecule has 0 radical (unpaired) electrons. The topological polar surface area (TPSA) is 42.7 Å². The number of aromatic nitrogens is 3. The summed E-state index contributed by atoms with van der Waals surface area (Å²) in [4.78, 5) is 0. The van der Waals surface area contributed by atoms with Crippen molar-refractivity contribution in [3.63, 3.8) is 0 Å². The highest BCUT2D eigenvalue weighted by atomic mass is 15.4. The average molecular weight is 194 g/mol. The summed E-state index contributed by atoms with van der Waals surface area (Å²) in [6.45, 7) is 4.20. The summed E-state index contributed by atoms with van der Waals surface area (Å²) in [6.07, 6.45) is 6.75. The zero-order chi connectivity index (χ0) is 9.80.